The Bertz CT molecular complexity index is 1510. The summed E-state index contributed by atoms with van der Waals surface area (Å²) in [6, 6.07) is 10.1. The summed E-state index contributed by atoms with van der Waals surface area (Å²) in [5.41, 5.74) is 7.54. The summed E-state index contributed by atoms with van der Waals surface area (Å²) >= 11 is 0. The van der Waals surface area contributed by atoms with Crippen molar-refractivity contribution in [3.63, 3.8) is 0 Å². The molecular weight excluding hydrogens is 544 g/mol. The van der Waals surface area contributed by atoms with Gasteiger partial charge >= 0.3 is 0 Å². The van der Waals surface area contributed by atoms with Crippen LogP contribution in [0, 0.1) is 17.6 Å². The first-order valence-corrected chi connectivity index (χ1v) is 14.0. The standard InChI is InChI=1S/C29H29F2N5O4.C2H6/c1-17-16-24(37)33-34-28(17)20-8-10-22(27(31)26(20)30)40-15-4-3-14-36-25(38)12-9-21(35-36)18-7-11-23(39-2)29-19(18)6-5-13-32-29;1-2/h5-13,17,21,35H,3-4,14-16H2,1-2H3,(H,33,37);1-2H3. The number of pyridine rings is 1. The molecule has 3 heterocycles. The van der Waals surface area contributed by atoms with Gasteiger partial charge in [0.25, 0.3) is 5.91 Å². The van der Waals surface area contributed by atoms with Gasteiger partial charge in [-0.25, -0.2) is 15.2 Å². The molecule has 0 bridgehead atoms. The minimum Gasteiger partial charge on any atom is -0.494 e. The molecule has 222 valence electrons. The Kier molecular flexibility index (Phi) is 10.2. The predicted molar refractivity (Wildman–Crippen MR) is 156 cm³/mol. The van der Waals surface area contributed by atoms with Crippen LogP contribution in [-0.4, -0.2) is 47.8 Å². The van der Waals surface area contributed by atoms with Crippen LogP contribution in [0.15, 0.2) is 59.8 Å². The lowest BCUT2D eigenvalue weighted by atomic mass is 9.93. The van der Waals surface area contributed by atoms with E-state index in [4.69, 9.17) is 9.47 Å². The van der Waals surface area contributed by atoms with Crippen LogP contribution in [-0.2, 0) is 9.59 Å². The van der Waals surface area contributed by atoms with Gasteiger partial charge in [-0.3, -0.25) is 19.6 Å². The van der Waals surface area contributed by atoms with Gasteiger partial charge in [0.15, 0.2) is 11.6 Å². The molecule has 11 heteroatoms. The van der Waals surface area contributed by atoms with Crippen LogP contribution in [0.5, 0.6) is 11.5 Å². The van der Waals surface area contributed by atoms with Gasteiger partial charge in [-0.1, -0.05) is 39.0 Å². The zero-order valence-electron chi connectivity index (χ0n) is 24.1. The molecule has 0 saturated heterocycles. The van der Waals surface area contributed by atoms with Crippen LogP contribution in [0.25, 0.3) is 10.9 Å². The summed E-state index contributed by atoms with van der Waals surface area (Å²) in [5.74, 6) is -2.49. The fraction of sp³-hybridized carbons (Fsp3) is 0.355. The molecule has 0 fully saturated rings. The number of amides is 2. The second kappa shape index (κ2) is 14.0. The van der Waals surface area contributed by atoms with Gasteiger partial charge in [0.05, 0.1) is 25.5 Å². The van der Waals surface area contributed by atoms with Crippen molar-refractivity contribution in [2.24, 2.45) is 11.0 Å². The molecule has 0 saturated carbocycles. The number of carbonyl (C=O) groups is 2. The third-order valence-electron chi connectivity index (χ3n) is 6.93. The number of hydrogen-bond acceptors (Lipinski definition) is 7. The Morgan fingerprint density at radius 1 is 1.05 bits per heavy atom. The average Bonchev–Trinajstić information content (AvgIpc) is 3.01. The number of unbranched alkanes of at least 4 members (excludes halogenated alkanes) is 1. The number of nitrogens with one attached hydrogen (secondary N) is 2. The molecular formula is C31H35F2N5O4. The lowest BCUT2D eigenvalue weighted by molar-refractivity contribution is -0.130. The van der Waals surface area contributed by atoms with Crippen LogP contribution in [0.4, 0.5) is 8.78 Å². The highest BCUT2D eigenvalue weighted by molar-refractivity contribution is 6.06. The average molecular weight is 580 g/mol. The number of rotatable bonds is 9. The molecule has 42 heavy (non-hydrogen) atoms. The third kappa shape index (κ3) is 6.57. The van der Waals surface area contributed by atoms with E-state index in [1.165, 1.54) is 23.2 Å². The highest BCUT2D eigenvalue weighted by atomic mass is 19.2. The second-order valence-corrected chi connectivity index (χ2v) is 9.64. The van der Waals surface area contributed by atoms with Gasteiger partial charge in [-0.15, -0.1) is 0 Å². The van der Waals surface area contributed by atoms with Gasteiger partial charge in [-0.2, -0.15) is 9.49 Å². The minimum atomic E-state index is -1.11. The number of hydrazone groups is 1. The van der Waals surface area contributed by atoms with E-state index in [-0.39, 0.29) is 53.8 Å². The van der Waals surface area contributed by atoms with Gasteiger partial charge in [0, 0.05) is 42.1 Å². The van der Waals surface area contributed by atoms with E-state index in [1.54, 1.807) is 20.2 Å². The summed E-state index contributed by atoms with van der Waals surface area (Å²) in [6.45, 7) is 6.27. The molecule has 1 aromatic heterocycles. The summed E-state index contributed by atoms with van der Waals surface area (Å²) in [5, 5.41) is 6.35. The predicted octanol–water partition coefficient (Wildman–Crippen LogP) is 5.21. The Labute approximate surface area is 243 Å². The number of ether oxygens (including phenoxy) is 2. The maximum atomic E-state index is 14.8. The molecule has 2 N–H and O–H groups in total. The monoisotopic (exact) mass is 579 g/mol. The highest BCUT2D eigenvalue weighted by Gasteiger charge is 2.27. The molecule has 2 aliphatic heterocycles. The maximum absolute atomic E-state index is 14.8. The molecule has 0 aliphatic carbocycles. The molecule has 3 aromatic rings. The summed E-state index contributed by atoms with van der Waals surface area (Å²) in [6.07, 6.45) is 6.28. The number of nitrogens with zero attached hydrogens (tertiary/aromatic N) is 3. The molecule has 9 nitrogen and oxygen atoms in total. The van der Waals surface area contributed by atoms with Crippen LogP contribution >= 0.6 is 0 Å². The van der Waals surface area contributed by atoms with Crippen molar-refractivity contribution in [2.45, 2.75) is 46.1 Å². The minimum absolute atomic E-state index is 0.00457. The number of benzene rings is 2. The number of fused-ring (bicyclic) bond motifs is 1. The molecule has 2 amide bonds. The van der Waals surface area contributed by atoms with Crippen LogP contribution in [0.1, 0.15) is 57.2 Å². The third-order valence-corrected chi connectivity index (χ3v) is 6.93. The van der Waals surface area contributed by atoms with Crippen molar-refractivity contribution in [2.75, 3.05) is 20.3 Å². The zero-order chi connectivity index (χ0) is 30.2. The summed E-state index contributed by atoms with van der Waals surface area (Å²) in [4.78, 5) is 28.4. The zero-order valence-corrected chi connectivity index (χ0v) is 24.1. The van der Waals surface area contributed by atoms with E-state index in [9.17, 15) is 18.4 Å². The normalized spacial score (nSPS) is 18.2. The first kappa shape index (κ1) is 30.6. The summed E-state index contributed by atoms with van der Waals surface area (Å²) in [7, 11) is 1.60. The number of hydrogen-bond donors (Lipinski definition) is 2. The van der Waals surface area contributed by atoms with Crippen molar-refractivity contribution in [1.82, 2.24) is 20.8 Å². The number of halogens is 2. The Balaban J connectivity index is 0.00000198. The van der Waals surface area contributed by atoms with Gasteiger partial charge in [-0.05, 0) is 42.7 Å². The van der Waals surface area contributed by atoms with E-state index in [2.05, 4.69) is 20.9 Å². The molecule has 2 aliphatic rings. The number of carbonyl (C=O) groups excluding carboxylic acids is 2. The molecule has 2 atom stereocenters. The topological polar surface area (TPSA) is 105 Å². The largest absolute Gasteiger partial charge is 0.494 e. The second-order valence-electron chi connectivity index (χ2n) is 9.64. The Morgan fingerprint density at radius 2 is 1.83 bits per heavy atom. The molecule has 2 unspecified atom stereocenters. The number of aromatic nitrogens is 1. The SMILES string of the molecule is CC.COc1ccc(C2C=CC(=O)N(CCCCOc3ccc(C4=NNC(=O)CC4C)c(F)c3F)N2)c2cccnc12. The van der Waals surface area contributed by atoms with Crippen molar-refractivity contribution in [1.29, 1.82) is 0 Å². The van der Waals surface area contributed by atoms with E-state index < -0.39 is 11.6 Å². The fourth-order valence-corrected chi connectivity index (χ4v) is 4.87. The van der Waals surface area contributed by atoms with E-state index in [0.717, 1.165) is 16.5 Å². The van der Waals surface area contributed by atoms with Crippen molar-refractivity contribution < 1.29 is 27.8 Å². The van der Waals surface area contributed by atoms with Crippen molar-refractivity contribution in [3.05, 3.63) is 77.5 Å². The number of hydrazine groups is 1. The van der Waals surface area contributed by atoms with Crippen LogP contribution < -0.4 is 20.3 Å². The van der Waals surface area contributed by atoms with Crippen molar-refractivity contribution in [3.8, 4) is 11.5 Å². The number of methoxy groups -OCH3 is 1. The van der Waals surface area contributed by atoms with E-state index >= 15 is 0 Å². The first-order valence-electron chi connectivity index (χ1n) is 14.0. The lowest BCUT2D eigenvalue weighted by Gasteiger charge is -2.31. The fourth-order valence-electron chi connectivity index (χ4n) is 4.87. The van der Waals surface area contributed by atoms with Gasteiger partial charge in [0.2, 0.25) is 11.7 Å². The molecule has 0 radical (unpaired) electrons. The summed E-state index contributed by atoms with van der Waals surface area (Å²) < 4.78 is 40.4. The highest BCUT2D eigenvalue weighted by Crippen LogP contribution is 2.32. The van der Waals surface area contributed by atoms with Crippen LogP contribution in [0.3, 0.4) is 0 Å². The molecule has 2 aromatic carbocycles. The van der Waals surface area contributed by atoms with Crippen LogP contribution in [0.2, 0.25) is 0 Å². The first-order chi connectivity index (χ1) is 20.4. The van der Waals surface area contributed by atoms with E-state index in [1.807, 2.05) is 44.2 Å². The lowest BCUT2D eigenvalue weighted by Crippen LogP contribution is -2.46. The van der Waals surface area contributed by atoms with E-state index in [0.29, 0.717) is 25.1 Å². The maximum Gasteiger partial charge on any atom is 0.260 e. The van der Waals surface area contributed by atoms with Gasteiger partial charge in [0.1, 0.15) is 11.3 Å². The Hall–Kier alpha value is -4.38. The van der Waals surface area contributed by atoms with Gasteiger partial charge < -0.3 is 9.47 Å². The van der Waals surface area contributed by atoms with Crippen molar-refractivity contribution >= 4 is 28.4 Å². The smallest absolute Gasteiger partial charge is 0.260 e. The molecule has 0 spiro atoms. The Morgan fingerprint density at radius 3 is 2.60 bits per heavy atom. The quantitative estimate of drug-likeness (QED) is 0.337. The molecule has 5 rings (SSSR count).